The summed E-state index contributed by atoms with van der Waals surface area (Å²) in [5.74, 6) is 1.51. The Kier molecular flexibility index (Phi) is 3.57. The van der Waals surface area contributed by atoms with Gasteiger partial charge in [-0.05, 0) is 49.9 Å². The van der Waals surface area contributed by atoms with Crippen molar-refractivity contribution in [3.05, 3.63) is 23.3 Å². The van der Waals surface area contributed by atoms with Crippen LogP contribution in [0.4, 0.5) is 0 Å². The summed E-state index contributed by atoms with van der Waals surface area (Å²) < 4.78 is 0. The van der Waals surface area contributed by atoms with E-state index >= 15 is 0 Å². The lowest BCUT2D eigenvalue weighted by atomic mass is 9.86. The number of nitrogens with one attached hydrogen (secondary N) is 1. The minimum Gasteiger partial charge on any atom is -0.316 e. The maximum absolute atomic E-state index is 4.68. The molecule has 2 aromatic rings. The Morgan fingerprint density at radius 1 is 1.56 bits per heavy atom. The summed E-state index contributed by atoms with van der Waals surface area (Å²) in [7, 11) is 0. The predicted molar refractivity (Wildman–Crippen MR) is 75.9 cm³/mol. The smallest absolute Gasteiger partial charge is 0.143 e. The van der Waals surface area contributed by atoms with Crippen molar-refractivity contribution in [2.45, 2.75) is 26.2 Å². The highest BCUT2D eigenvalue weighted by molar-refractivity contribution is 7.18. The summed E-state index contributed by atoms with van der Waals surface area (Å²) in [5.41, 5.74) is 1.05. The van der Waals surface area contributed by atoms with Crippen LogP contribution in [0.1, 0.15) is 24.8 Å². The van der Waals surface area contributed by atoms with E-state index in [0.717, 1.165) is 22.7 Å². The molecule has 2 aromatic heterocycles. The molecule has 2 atom stereocenters. The first-order valence-electron chi connectivity index (χ1n) is 6.74. The fraction of sp³-hybridized carbons (Fsp3) is 0.571. The number of thiazole rings is 1. The number of fused-ring (bicyclic) bond motifs is 1. The maximum atomic E-state index is 4.68. The Morgan fingerprint density at radius 3 is 3.28 bits per heavy atom. The topological polar surface area (TPSA) is 37.8 Å². The minimum atomic E-state index is 0.707. The molecule has 3 rings (SSSR count). The number of rotatable bonds is 3. The zero-order valence-electron chi connectivity index (χ0n) is 10.7. The third kappa shape index (κ3) is 2.54. The van der Waals surface area contributed by atoms with E-state index in [2.05, 4.69) is 28.3 Å². The van der Waals surface area contributed by atoms with Gasteiger partial charge in [-0.2, -0.15) is 0 Å². The molecule has 0 aliphatic carbocycles. The summed E-state index contributed by atoms with van der Waals surface area (Å²) in [6, 6.07) is 4.01. The molecule has 1 saturated heterocycles. The van der Waals surface area contributed by atoms with Crippen molar-refractivity contribution in [2.75, 3.05) is 13.1 Å². The lowest BCUT2D eigenvalue weighted by Gasteiger charge is -2.27. The zero-order valence-corrected chi connectivity index (χ0v) is 11.5. The number of aromatic nitrogens is 2. The number of piperidine rings is 1. The molecule has 3 heterocycles. The van der Waals surface area contributed by atoms with Gasteiger partial charge in [0.15, 0.2) is 0 Å². The number of pyridine rings is 1. The van der Waals surface area contributed by atoms with E-state index in [1.807, 2.05) is 12.3 Å². The largest absolute Gasteiger partial charge is 0.316 e. The van der Waals surface area contributed by atoms with E-state index in [1.54, 1.807) is 11.3 Å². The molecule has 0 saturated carbocycles. The van der Waals surface area contributed by atoms with Gasteiger partial charge in [0.05, 0.1) is 5.01 Å². The maximum Gasteiger partial charge on any atom is 0.143 e. The van der Waals surface area contributed by atoms with Crippen LogP contribution in [-0.2, 0) is 6.42 Å². The van der Waals surface area contributed by atoms with Crippen LogP contribution in [0.15, 0.2) is 18.3 Å². The summed E-state index contributed by atoms with van der Waals surface area (Å²) in [6.07, 6.45) is 5.61. The average Bonchev–Trinajstić information content (AvgIpc) is 2.82. The van der Waals surface area contributed by atoms with Crippen molar-refractivity contribution < 1.29 is 0 Å². The summed E-state index contributed by atoms with van der Waals surface area (Å²) in [5, 5.41) is 4.74. The first kappa shape index (κ1) is 12.1. The Hall–Kier alpha value is -1.00. The Morgan fingerprint density at radius 2 is 2.50 bits per heavy atom. The van der Waals surface area contributed by atoms with Crippen LogP contribution in [-0.4, -0.2) is 23.1 Å². The first-order chi connectivity index (χ1) is 8.83. The van der Waals surface area contributed by atoms with Gasteiger partial charge in [0, 0.05) is 12.6 Å². The molecule has 96 valence electrons. The summed E-state index contributed by atoms with van der Waals surface area (Å²) >= 11 is 1.75. The van der Waals surface area contributed by atoms with Gasteiger partial charge in [0.2, 0.25) is 0 Å². The van der Waals surface area contributed by atoms with E-state index in [0.29, 0.717) is 5.92 Å². The molecule has 1 N–H and O–H groups in total. The standard InChI is InChI=1S/C14H19N3S/c1-10(11-4-2-6-15-9-11)8-13-17-12-5-3-7-16-14(12)18-13/h3,5,7,10-11,15H,2,4,6,8-9H2,1H3. The molecular weight excluding hydrogens is 242 g/mol. The average molecular weight is 261 g/mol. The minimum absolute atomic E-state index is 0.707. The van der Waals surface area contributed by atoms with E-state index in [1.165, 1.54) is 30.9 Å². The van der Waals surface area contributed by atoms with Gasteiger partial charge in [-0.1, -0.05) is 18.3 Å². The number of hydrogen-bond donors (Lipinski definition) is 1. The molecule has 0 aromatic carbocycles. The fourth-order valence-electron chi connectivity index (χ4n) is 2.71. The van der Waals surface area contributed by atoms with Gasteiger partial charge in [-0.3, -0.25) is 0 Å². The monoisotopic (exact) mass is 261 g/mol. The Labute approximate surface area is 112 Å². The van der Waals surface area contributed by atoms with Crippen molar-refractivity contribution in [3.8, 4) is 0 Å². The second-order valence-electron chi connectivity index (χ2n) is 5.22. The fourth-order valence-corrected chi connectivity index (χ4v) is 3.75. The molecule has 0 spiro atoms. The van der Waals surface area contributed by atoms with E-state index in [-0.39, 0.29) is 0 Å². The van der Waals surface area contributed by atoms with Crippen molar-refractivity contribution in [1.82, 2.24) is 15.3 Å². The van der Waals surface area contributed by atoms with Crippen LogP contribution in [0, 0.1) is 11.8 Å². The normalized spacial score (nSPS) is 22.2. The molecule has 0 amide bonds. The Bertz CT molecular complexity index is 483. The van der Waals surface area contributed by atoms with E-state index < -0.39 is 0 Å². The quantitative estimate of drug-likeness (QED) is 0.923. The number of hydrogen-bond acceptors (Lipinski definition) is 4. The van der Waals surface area contributed by atoms with E-state index in [4.69, 9.17) is 0 Å². The molecule has 1 fully saturated rings. The third-order valence-electron chi connectivity index (χ3n) is 3.85. The highest BCUT2D eigenvalue weighted by Crippen LogP contribution is 2.27. The Balaban J connectivity index is 1.71. The molecule has 1 aliphatic rings. The second-order valence-corrected chi connectivity index (χ2v) is 6.29. The molecule has 2 unspecified atom stereocenters. The van der Waals surface area contributed by atoms with Gasteiger partial charge in [-0.25, -0.2) is 9.97 Å². The lowest BCUT2D eigenvalue weighted by Crippen LogP contribution is -2.33. The highest BCUT2D eigenvalue weighted by atomic mass is 32.1. The van der Waals surface area contributed by atoms with Gasteiger partial charge < -0.3 is 5.32 Å². The van der Waals surface area contributed by atoms with Crippen LogP contribution >= 0.6 is 11.3 Å². The molecule has 0 radical (unpaired) electrons. The molecular formula is C14H19N3S. The predicted octanol–water partition coefficient (Wildman–Crippen LogP) is 2.87. The highest BCUT2D eigenvalue weighted by Gasteiger charge is 2.21. The van der Waals surface area contributed by atoms with Crippen LogP contribution < -0.4 is 5.32 Å². The zero-order chi connectivity index (χ0) is 12.4. The molecule has 4 heteroatoms. The lowest BCUT2D eigenvalue weighted by molar-refractivity contribution is 0.279. The van der Waals surface area contributed by atoms with E-state index in [9.17, 15) is 0 Å². The van der Waals surface area contributed by atoms with Crippen molar-refractivity contribution >= 4 is 21.7 Å². The van der Waals surface area contributed by atoms with Crippen LogP contribution in [0.5, 0.6) is 0 Å². The summed E-state index contributed by atoms with van der Waals surface area (Å²) in [6.45, 7) is 4.72. The number of nitrogens with zero attached hydrogens (tertiary/aromatic N) is 2. The molecule has 18 heavy (non-hydrogen) atoms. The molecule has 3 nitrogen and oxygen atoms in total. The van der Waals surface area contributed by atoms with Gasteiger partial charge in [0.25, 0.3) is 0 Å². The van der Waals surface area contributed by atoms with Crippen molar-refractivity contribution in [3.63, 3.8) is 0 Å². The molecule has 1 aliphatic heterocycles. The van der Waals surface area contributed by atoms with Crippen molar-refractivity contribution in [2.24, 2.45) is 11.8 Å². The third-order valence-corrected chi connectivity index (χ3v) is 4.85. The summed E-state index contributed by atoms with van der Waals surface area (Å²) in [4.78, 5) is 10.1. The SMILES string of the molecule is CC(Cc1nc2cccnc2s1)C1CCCNC1. The van der Waals surface area contributed by atoms with Crippen LogP contribution in [0.3, 0.4) is 0 Å². The first-order valence-corrected chi connectivity index (χ1v) is 7.56. The second kappa shape index (κ2) is 5.33. The van der Waals surface area contributed by atoms with Crippen molar-refractivity contribution in [1.29, 1.82) is 0 Å². The van der Waals surface area contributed by atoms with Crippen LogP contribution in [0.2, 0.25) is 0 Å². The molecule has 0 bridgehead atoms. The van der Waals surface area contributed by atoms with Gasteiger partial charge in [0.1, 0.15) is 10.3 Å². The van der Waals surface area contributed by atoms with Crippen LogP contribution in [0.25, 0.3) is 10.3 Å². The van der Waals surface area contributed by atoms with Gasteiger partial charge >= 0.3 is 0 Å². The van der Waals surface area contributed by atoms with Gasteiger partial charge in [-0.15, -0.1) is 0 Å².